The standard InChI is InChI=1S/C14H17F3N2O/c15-14(16,17)12-4-2-1-3-11(12)13(20)19-8-9-5-6-10(18)7-9/h1-4,9-10H,5-8,18H2,(H,19,20). The van der Waals surface area contributed by atoms with Crippen LogP contribution in [-0.4, -0.2) is 18.5 Å². The smallest absolute Gasteiger partial charge is 0.352 e. The van der Waals surface area contributed by atoms with E-state index in [1.807, 2.05) is 0 Å². The molecule has 1 aromatic rings. The summed E-state index contributed by atoms with van der Waals surface area (Å²) < 4.78 is 38.4. The van der Waals surface area contributed by atoms with E-state index >= 15 is 0 Å². The SMILES string of the molecule is NC1CCC(CNC(=O)c2ccccc2C(F)(F)F)C1. The average Bonchev–Trinajstić information content (AvgIpc) is 2.81. The van der Waals surface area contributed by atoms with Crippen molar-refractivity contribution in [2.75, 3.05) is 6.54 Å². The molecule has 1 fully saturated rings. The zero-order valence-electron chi connectivity index (χ0n) is 10.9. The van der Waals surface area contributed by atoms with Crippen LogP contribution in [0.4, 0.5) is 13.2 Å². The Morgan fingerprint density at radius 2 is 2.00 bits per heavy atom. The Morgan fingerprint density at radius 1 is 1.30 bits per heavy atom. The molecule has 0 radical (unpaired) electrons. The van der Waals surface area contributed by atoms with Crippen molar-refractivity contribution in [1.82, 2.24) is 5.32 Å². The highest BCUT2D eigenvalue weighted by atomic mass is 19.4. The quantitative estimate of drug-likeness (QED) is 0.897. The van der Waals surface area contributed by atoms with Crippen LogP contribution in [0.15, 0.2) is 24.3 Å². The number of nitrogens with one attached hydrogen (secondary N) is 1. The molecule has 1 aliphatic carbocycles. The van der Waals surface area contributed by atoms with Gasteiger partial charge in [0.15, 0.2) is 0 Å². The van der Waals surface area contributed by atoms with E-state index in [2.05, 4.69) is 5.32 Å². The molecule has 6 heteroatoms. The lowest BCUT2D eigenvalue weighted by Crippen LogP contribution is -2.30. The van der Waals surface area contributed by atoms with E-state index in [1.54, 1.807) is 0 Å². The van der Waals surface area contributed by atoms with Crippen molar-refractivity contribution in [2.24, 2.45) is 11.7 Å². The summed E-state index contributed by atoms with van der Waals surface area (Å²) in [5.41, 5.74) is 4.53. The number of rotatable bonds is 3. The van der Waals surface area contributed by atoms with Crippen molar-refractivity contribution in [2.45, 2.75) is 31.5 Å². The Hall–Kier alpha value is -1.56. The van der Waals surface area contributed by atoms with Gasteiger partial charge in [-0.2, -0.15) is 13.2 Å². The molecule has 1 amide bonds. The summed E-state index contributed by atoms with van der Waals surface area (Å²) in [4.78, 5) is 11.9. The van der Waals surface area contributed by atoms with Gasteiger partial charge < -0.3 is 11.1 Å². The second-order valence-electron chi connectivity index (χ2n) is 5.19. The Kier molecular flexibility index (Phi) is 4.32. The third-order valence-electron chi connectivity index (χ3n) is 3.61. The number of carbonyl (C=O) groups is 1. The number of hydrogen-bond donors (Lipinski definition) is 2. The van der Waals surface area contributed by atoms with E-state index in [-0.39, 0.29) is 17.5 Å². The molecule has 0 bridgehead atoms. The van der Waals surface area contributed by atoms with Crippen LogP contribution >= 0.6 is 0 Å². The molecular formula is C14H17F3N2O. The third-order valence-corrected chi connectivity index (χ3v) is 3.61. The molecule has 20 heavy (non-hydrogen) atoms. The van der Waals surface area contributed by atoms with Gasteiger partial charge in [-0.15, -0.1) is 0 Å². The van der Waals surface area contributed by atoms with Crippen molar-refractivity contribution in [3.63, 3.8) is 0 Å². The number of halogens is 3. The number of amides is 1. The molecule has 1 saturated carbocycles. The highest BCUT2D eigenvalue weighted by Crippen LogP contribution is 2.32. The summed E-state index contributed by atoms with van der Waals surface area (Å²) in [6, 6.07) is 4.95. The first-order valence-corrected chi connectivity index (χ1v) is 6.58. The zero-order chi connectivity index (χ0) is 14.8. The fourth-order valence-corrected chi connectivity index (χ4v) is 2.56. The maximum absolute atomic E-state index is 12.8. The highest BCUT2D eigenvalue weighted by molar-refractivity contribution is 5.95. The minimum atomic E-state index is -4.52. The number of carbonyl (C=O) groups excluding carboxylic acids is 1. The van der Waals surface area contributed by atoms with Crippen molar-refractivity contribution in [1.29, 1.82) is 0 Å². The second-order valence-corrected chi connectivity index (χ2v) is 5.19. The van der Waals surface area contributed by atoms with E-state index in [1.165, 1.54) is 18.2 Å². The van der Waals surface area contributed by atoms with E-state index in [0.29, 0.717) is 6.54 Å². The predicted molar refractivity (Wildman–Crippen MR) is 69.1 cm³/mol. The van der Waals surface area contributed by atoms with Gasteiger partial charge in [0.1, 0.15) is 0 Å². The van der Waals surface area contributed by atoms with Crippen LogP contribution in [0.5, 0.6) is 0 Å². The normalized spacial score (nSPS) is 22.8. The van der Waals surface area contributed by atoms with Crippen LogP contribution in [0.25, 0.3) is 0 Å². The summed E-state index contributed by atoms with van der Waals surface area (Å²) >= 11 is 0. The molecule has 2 unspecified atom stereocenters. The van der Waals surface area contributed by atoms with E-state index in [9.17, 15) is 18.0 Å². The van der Waals surface area contributed by atoms with Gasteiger partial charge in [-0.1, -0.05) is 12.1 Å². The van der Waals surface area contributed by atoms with E-state index in [4.69, 9.17) is 5.73 Å². The topological polar surface area (TPSA) is 55.1 Å². The van der Waals surface area contributed by atoms with Crippen LogP contribution in [0.3, 0.4) is 0 Å². The summed E-state index contributed by atoms with van der Waals surface area (Å²) in [5, 5.41) is 2.58. The van der Waals surface area contributed by atoms with Gasteiger partial charge in [0.2, 0.25) is 0 Å². The molecule has 0 heterocycles. The highest BCUT2D eigenvalue weighted by Gasteiger charge is 2.35. The molecule has 110 valence electrons. The molecule has 0 aliphatic heterocycles. The lowest BCUT2D eigenvalue weighted by atomic mass is 10.1. The summed E-state index contributed by atoms with van der Waals surface area (Å²) in [6.07, 6.45) is -1.91. The predicted octanol–water partition coefficient (Wildman–Crippen LogP) is 2.56. The van der Waals surface area contributed by atoms with Gasteiger partial charge in [0.25, 0.3) is 5.91 Å². The fourth-order valence-electron chi connectivity index (χ4n) is 2.56. The largest absolute Gasteiger partial charge is 0.417 e. The average molecular weight is 286 g/mol. The minimum absolute atomic E-state index is 0.138. The van der Waals surface area contributed by atoms with Gasteiger partial charge >= 0.3 is 6.18 Å². The van der Waals surface area contributed by atoms with Crippen LogP contribution in [0.1, 0.15) is 35.2 Å². The lowest BCUT2D eigenvalue weighted by molar-refractivity contribution is -0.137. The Labute approximate surface area is 115 Å². The maximum Gasteiger partial charge on any atom is 0.417 e. The molecule has 0 saturated heterocycles. The first-order chi connectivity index (χ1) is 9.38. The molecule has 1 aliphatic rings. The molecule has 2 atom stereocenters. The van der Waals surface area contributed by atoms with Gasteiger partial charge in [0.05, 0.1) is 11.1 Å². The van der Waals surface area contributed by atoms with E-state index < -0.39 is 17.6 Å². The van der Waals surface area contributed by atoms with Crippen molar-refractivity contribution in [3.8, 4) is 0 Å². The minimum Gasteiger partial charge on any atom is -0.352 e. The molecule has 3 N–H and O–H groups in total. The lowest BCUT2D eigenvalue weighted by Gasteiger charge is -2.14. The summed E-state index contributed by atoms with van der Waals surface area (Å²) in [5.74, 6) is -0.426. The fraction of sp³-hybridized carbons (Fsp3) is 0.500. The van der Waals surface area contributed by atoms with Gasteiger partial charge in [-0.3, -0.25) is 4.79 Å². The zero-order valence-corrected chi connectivity index (χ0v) is 10.9. The Balaban J connectivity index is 2.02. The van der Waals surface area contributed by atoms with E-state index in [0.717, 1.165) is 25.3 Å². The van der Waals surface area contributed by atoms with Crippen LogP contribution in [0, 0.1) is 5.92 Å². The van der Waals surface area contributed by atoms with Gasteiger partial charge in [-0.05, 0) is 37.3 Å². The first-order valence-electron chi connectivity index (χ1n) is 6.58. The summed E-state index contributed by atoms with van der Waals surface area (Å²) in [7, 11) is 0. The molecular weight excluding hydrogens is 269 g/mol. The number of alkyl halides is 3. The van der Waals surface area contributed by atoms with Crippen LogP contribution in [-0.2, 0) is 6.18 Å². The number of nitrogens with two attached hydrogens (primary N) is 1. The second kappa shape index (κ2) is 5.83. The van der Waals surface area contributed by atoms with Crippen LogP contribution in [0.2, 0.25) is 0 Å². The Bertz CT molecular complexity index is 488. The van der Waals surface area contributed by atoms with Crippen molar-refractivity contribution < 1.29 is 18.0 Å². The molecule has 0 spiro atoms. The molecule has 3 nitrogen and oxygen atoms in total. The molecule has 2 rings (SSSR count). The molecule has 1 aromatic carbocycles. The third kappa shape index (κ3) is 3.50. The van der Waals surface area contributed by atoms with Crippen LogP contribution < -0.4 is 11.1 Å². The summed E-state index contributed by atoms with van der Waals surface area (Å²) in [6.45, 7) is 0.374. The Morgan fingerprint density at radius 3 is 2.60 bits per heavy atom. The number of benzene rings is 1. The van der Waals surface area contributed by atoms with Gasteiger partial charge in [-0.25, -0.2) is 0 Å². The maximum atomic E-state index is 12.8. The van der Waals surface area contributed by atoms with Crippen molar-refractivity contribution in [3.05, 3.63) is 35.4 Å². The molecule has 0 aromatic heterocycles. The van der Waals surface area contributed by atoms with Crippen molar-refractivity contribution >= 4 is 5.91 Å². The number of hydrogen-bond acceptors (Lipinski definition) is 2. The monoisotopic (exact) mass is 286 g/mol. The first kappa shape index (κ1) is 14.8. The van der Waals surface area contributed by atoms with Gasteiger partial charge in [0, 0.05) is 12.6 Å².